The number of hydrogen-bond acceptors (Lipinski definition) is 2. The van der Waals surface area contributed by atoms with Crippen LogP contribution in [0.2, 0.25) is 0 Å². The highest BCUT2D eigenvalue weighted by atomic mass is 16.3. The molecule has 1 heterocycles. The summed E-state index contributed by atoms with van der Waals surface area (Å²) in [5.74, 6) is 0. The molecular formula is C19H29N2O+. The van der Waals surface area contributed by atoms with E-state index in [-0.39, 0.29) is 18.1 Å². The van der Waals surface area contributed by atoms with Gasteiger partial charge in [0.2, 0.25) is 6.34 Å². The Kier molecular flexibility index (Phi) is 4.26. The standard InChI is InChI=1S/C19H29N2O/c1-19(2,3)18(13-22)21-12-11-20(14-21)17-10-6-8-15-7-4-5-9-16(15)17/h4-5,7,9,14,17-18,22H,6,8,10-13H2,1-3H3/q+1/t17-,18+/m0/s1. The molecule has 1 aromatic rings. The first-order valence-electron chi connectivity index (χ1n) is 8.56. The van der Waals surface area contributed by atoms with Crippen molar-refractivity contribution in [1.29, 1.82) is 0 Å². The van der Waals surface area contributed by atoms with E-state index in [0.29, 0.717) is 6.04 Å². The summed E-state index contributed by atoms with van der Waals surface area (Å²) in [6.07, 6.45) is 6.00. The molecule has 0 unspecified atom stereocenters. The summed E-state index contributed by atoms with van der Waals surface area (Å²) < 4.78 is 2.49. The number of aliphatic hydroxyl groups is 1. The first kappa shape index (κ1) is 15.5. The van der Waals surface area contributed by atoms with E-state index in [1.54, 1.807) is 0 Å². The second-order valence-corrected chi connectivity index (χ2v) is 7.76. The zero-order valence-electron chi connectivity index (χ0n) is 14.1. The quantitative estimate of drug-likeness (QED) is 0.869. The van der Waals surface area contributed by atoms with Crippen LogP contribution in [-0.4, -0.2) is 46.7 Å². The van der Waals surface area contributed by atoms with E-state index in [4.69, 9.17) is 0 Å². The molecule has 1 N–H and O–H groups in total. The Morgan fingerprint density at radius 2 is 2.09 bits per heavy atom. The largest absolute Gasteiger partial charge is 0.392 e. The second kappa shape index (κ2) is 6.04. The van der Waals surface area contributed by atoms with Gasteiger partial charge in [-0.2, -0.15) is 0 Å². The highest BCUT2D eigenvalue weighted by Crippen LogP contribution is 2.33. The minimum atomic E-state index is 0.0890. The zero-order valence-corrected chi connectivity index (χ0v) is 14.1. The van der Waals surface area contributed by atoms with Crippen LogP contribution in [0.3, 0.4) is 0 Å². The number of benzene rings is 1. The number of hydrogen-bond donors (Lipinski definition) is 1. The van der Waals surface area contributed by atoms with Crippen LogP contribution < -0.4 is 0 Å². The molecule has 2 atom stereocenters. The lowest BCUT2D eigenvalue weighted by molar-refractivity contribution is -0.561. The van der Waals surface area contributed by atoms with Gasteiger partial charge in [0.15, 0.2) is 0 Å². The molecule has 0 spiro atoms. The summed E-state index contributed by atoms with van der Waals surface area (Å²) >= 11 is 0. The minimum Gasteiger partial charge on any atom is -0.392 e. The summed E-state index contributed by atoms with van der Waals surface area (Å²) in [4.78, 5) is 2.34. The molecule has 22 heavy (non-hydrogen) atoms. The van der Waals surface area contributed by atoms with Gasteiger partial charge in [0.25, 0.3) is 0 Å². The third kappa shape index (κ3) is 2.91. The van der Waals surface area contributed by atoms with Crippen LogP contribution in [-0.2, 0) is 6.42 Å². The van der Waals surface area contributed by atoms with Crippen molar-refractivity contribution in [1.82, 2.24) is 4.90 Å². The molecule has 120 valence electrons. The fraction of sp³-hybridized carbons (Fsp3) is 0.632. The summed E-state index contributed by atoms with van der Waals surface area (Å²) in [5.41, 5.74) is 3.11. The monoisotopic (exact) mass is 301 g/mol. The Morgan fingerprint density at radius 1 is 1.32 bits per heavy atom. The summed E-state index contributed by atoms with van der Waals surface area (Å²) in [6.45, 7) is 8.92. The first-order chi connectivity index (χ1) is 10.5. The Balaban J connectivity index is 1.84. The third-order valence-electron chi connectivity index (χ3n) is 5.22. The van der Waals surface area contributed by atoms with Gasteiger partial charge in [-0.25, -0.2) is 0 Å². The lowest BCUT2D eigenvalue weighted by Gasteiger charge is -2.31. The topological polar surface area (TPSA) is 26.5 Å². The Hall–Kier alpha value is -1.35. The van der Waals surface area contributed by atoms with E-state index in [1.165, 1.54) is 30.4 Å². The predicted molar refractivity (Wildman–Crippen MR) is 90.3 cm³/mol. The normalized spacial score (nSPS) is 23.2. The lowest BCUT2D eigenvalue weighted by Crippen LogP contribution is -2.45. The Labute approximate surface area is 134 Å². The summed E-state index contributed by atoms with van der Waals surface area (Å²) in [5, 5.41) is 9.80. The lowest BCUT2D eigenvalue weighted by atomic mass is 9.86. The van der Waals surface area contributed by atoms with Gasteiger partial charge in [-0.1, -0.05) is 45.0 Å². The third-order valence-corrected chi connectivity index (χ3v) is 5.22. The molecular weight excluding hydrogens is 272 g/mol. The Morgan fingerprint density at radius 3 is 2.82 bits per heavy atom. The number of fused-ring (bicyclic) bond motifs is 1. The van der Waals surface area contributed by atoms with Crippen LogP contribution >= 0.6 is 0 Å². The maximum absolute atomic E-state index is 9.80. The summed E-state index contributed by atoms with van der Waals surface area (Å²) in [6, 6.07) is 9.59. The molecule has 0 saturated heterocycles. The molecule has 3 nitrogen and oxygen atoms in total. The van der Waals surface area contributed by atoms with Gasteiger partial charge in [-0.3, -0.25) is 9.48 Å². The van der Waals surface area contributed by atoms with Crippen molar-refractivity contribution in [3.63, 3.8) is 0 Å². The molecule has 0 amide bonds. The predicted octanol–water partition coefficient (Wildman–Crippen LogP) is 2.83. The van der Waals surface area contributed by atoms with Crippen molar-refractivity contribution in [2.24, 2.45) is 5.41 Å². The molecule has 1 aliphatic heterocycles. The highest BCUT2D eigenvalue weighted by molar-refractivity contribution is 5.52. The van der Waals surface area contributed by atoms with Crippen LogP contribution in [0, 0.1) is 5.41 Å². The molecule has 2 aliphatic rings. The Bertz CT molecular complexity index is 559. The highest BCUT2D eigenvalue weighted by Gasteiger charge is 2.38. The van der Waals surface area contributed by atoms with Crippen molar-refractivity contribution >= 4 is 6.34 Å². The van der Waals surface area contributed by atoms with Crippen molar-refractivity contribution in [2.45, 2.75) is 52.1 Å². The SMILES string of the molecule is CC(C)(C)[C@@H](CO)N1C=[N+]([C@H]2CCCc3ccccc32)CC1. The van der Waals surface area contributed by atoms with E-state index in [1.807, 2.05) is 0 Å². The summed E-state index contributed by atoms with van der Waals surface area (Å²) in [7, 11) is 0. The zero-order chi connectivity index (χ0) is 15.7. The number of aryl methyl sites for hydroxylation is 1. The average Bonchev–Trinajstić information content (AvgIpc) is 2.95. The fourth-order valence-corrected chi connectivity index (χ4v) is 3.96. The maximum atomic E-state index is 9.80. The molecule has 0 fully saturated rings. The van der Waals surface area contributed by atoms with E-state index in [2.05, 4.69) is 60.9 Å². The van der Waals surface area contributed by atoms with Crippen LogP contribution in [0.1, 0.15) is 50.8 Å². The van der Waals surface area contributed by atoms with Crippen molar-refractivity contribution in [3.8, 4) is 0 Å². The molecule has 0 aromatic heterocycles. The number of nitrogens with zero attached hydrogens (tertiary/aromatic N) is 2. The molecule has 1 aliphatic carbocycles. The molecule has 3 rings (SSSR count). The molecule has 3 heteroatoms. The molecule has 0 radical (unpaired) electrons. The van der Waals surface area contributed by atoms with E-state index >= 15 is 0 Å². The molecule has 0 bridgehead atoms. The van der Waals surface area contributed by atoms with Crippen LogP contribution in [0.25, 0.3) is 0 Å². The van der Waals surface area contributed by atoms with Crippen molar-refractivity contribution in [2.75, 3.05) is 19.7 Å². The van der Waals surface area contributed by atoms with Gasteiger partial charge < -0.3 is 5.11 Å². The van der Waals surface area contributed by atoms with Crippen molar-refractivity contribution < 1.29 is 9.68 Å². The fourth-order valence-electron chi connectivity index (χ4n) is 3.96. The number of rotatable bonds is 3. The smallest absolute Gasteiger partial charge is 0.235 e. The van der Waals surface area contributed by atoms with Gasteiger partial charge in [0.05, 0.1) is 6.61 Å². The van der Waals surface area contributed by atoms with Gasteiger partial charge in [-0.05, 0) is 30.4 Å². The van der Waals surface area contributed by atoms with Gasteiger partial charge in [0, 0.05) is 5.41 Å². The van der Waals surface area contributed by atoms with Crippen LogP contribution in [0.15, 0.2) is 24.3 Å². The maximum Gasteiger partial charge on any atom is 0.235 e. The molecule has 1 aromatic carbocycles. The first-order valence-corrected chi connectivity index (χ1v) is 8.56. The average molecular weight is 301 g/mol. The molecule has 0 saturated carbocycles. The number of aliphatic hydroxyl groups excluding tert-OH is 1. The van der Waals surface area contributed by atoms with Gasteiger partial charge >= 0.3 is 0 Å². The van der Waals surface area contributed by atoms with Crippen molar-refractivity contribution in [3.05, 3.63) is 35.4 Å². The van der Waals surface area contributed by atoms with Crippen LogP contribution in [0.5, 0.6) is 0 Å². The van der Waals surface area contributed by atoms with E-state index in [0.717, 1.165) is 13.1 Å². The van der Waals surface area contributed by atoms with E-state index in [9.17, 15) is 5.11 Å². The van der Waals surface area contributed by atoms with E-state index < -0.39 is 0 Å². The van der Waals surface area contributed by atoms with Crippen LogP contribution in [0.4, 0.5) is 0 Å². The van der Waals surface area contributed by atoms with Gasteiger partial charge in [0.1, 0.15) is 25.2 Å². The second-order valence-electron chi connectivity index (χ2n) is 7.76. The minimum absolute atomic E-state index is 0.0890. The van der Waals surface area contributed by atoms with Gasteiger partial charge in [-0.15, -0.1) is 0 Å².